The second-order valence-corrected chi connectivity index (χ2v) is 8.11. The molecule has 0 aromatic heterocycles. The first kappa shape index (κ1) is 18.4. The molecule has 2 aromatic rings. The molecular weight excluding hydrogens is 352 g/mol. The summed E-state index contributed by atoms with van der Waals surface area (Å²) in [4.78, 5) is 14.4. The van der Waals surface area contributed by atoms with E-state index in [-0.39, 0.29) is 10.8 Å². The number of hydrogen-bond acceptors (Lipinski definition) is 4. The molecule has 0 radical (unpaired) electrons. The summed E-state index contributed by atoms with van der Waals surface area (Å²) in [5.41, 5.74) is 2.64. The average Bonchev–Trinajstić information content (AvgIpc) is 2.97. The average molecular weight is 374 g/mol. The molecule has 2 aromatic carbocycles. The van der Waals surface area contributed by atoms with Crippen molar-refractivity contribution in [2.45, 2.75) is 31.2 Å². The molecule has 0 bridgehead atoms. The first-order valence-corrected chi connectivity index (χ1v) is 9.85. The Morgan fingerprint density at radius 3 is 2.38 bits per heavy atom. The molecule has 1 fully saturated rings. The molecule has 0 unspecified atom stereocenters. The van der Waals surface area contributed by atoms with Crippen LogP contribution in [0.1, 0.15) is 17.5 Å². The third-order valence-corrected chi connectivity index (χ3v) is 6.15. The Morgan fingerprint density at radius 2 is 1.77 bits per heavy atom. The first-order valence-electron chi connectivity index (χ1n) is 8.37. The Morgan fingerprint density at radius 1 is 1.08 bits per heavy atom. The predicted molar refractivity (Wildman–Crippen MR) is 100.0 cm³/mol. The molecule has 3 rings (SSSR count). The number of amides is 1. The molecule has 138 valence electrons. The number of benzene rings is 2. The number of anilines is 1. The molecule has 1 atom stereocenters. The highest BCUT2D eigenvalue weighted by atomic mass is 32.2. The Balaban J connectivity index is 1.76. The minimum absolute atomic E-state index is 0.177. The summed E-state index contributed by atoms with van der Waals surface area (Å²) in [6.07, 6.45) is 0.426. The smallest absolute Gasteiger partial charge is 0.245 e. The van der Waals surface area contributed by atoms with E-state index in [1.54, 1.807) is 54.5 Å². The number of carbonyl (C=O) groups excluding carboxylic acids is 1. The van der Waals surface area contributed by atoms with Gasteiger partial charge < -0.3 is 9.64 Å². The Hall–Kier alpha value is -2.38. The molecular formula is C19H22N2O4S. The number of methoxy groups -OCH3 is 1. The summed E-state index contributed by atoms with van der Waals surface area (Å²) < 4.78 is 32.9. The molecule has 0 saturated carbocycles. The summed E-state index contributed by atoms with van der Waals surface area (Å²) in [6.45, 7) is 4.25. The summed E-state index contributed by atoms with van der Waals surface area (Å²) in [5.74, 6) is 0.454. The molecule has 1 amide bonds. The van der Waals surface area contributed by atoms with E-state index in [9.17, 15) is 13.2 Å². The quantitative estimate of drug-likeness (QED) is 0.872. The van der Waals surface area contributed by atoms with E-state index in [1.807, 2.05) is 13.8 Å². The number of rotatable bonds is 5. The van der Waals surface area contributed by atoms with Crippen LogP contribution in [0.3, 0.4) is 0 Å². The van der Waals surface area contributed by atoms with Crippen LogP contribution >= 0.6 is 0 Å². The molecule has 26 heavy (non-hydrogen) atoms. The van der Waals surface area contributed by atoms with E-state index in [0.717, 1.165) is 16.8 Å². The first-order chi connectivity index (χ1) is 12.3. The number of aryl methyl sites for hydroxylation is 2. The van der Waals surface area contributed by atoms with Crippen molar-refractivity contribution in [3.8, 4) is 5.75 Å². The second-order valence-electron chi connectivity index (χ2n) is 6.40. The van der Waals surface area contributed by atoms with Crippen molar-refractivity contribution in [1.82, 2.24) is 4.72 Å². The van der Waals surface area contributed by atoms with Crippen LogP contribution in [0.4, 0.5) is 5.69 Å². The van der Waals surface area contributed by atoms with Crippen molar-refractivity contribution in [3.63, 3.8) is 0 Å². The second kappa shape index (κ2) is 7.09. The molecule has 1 heterocycles. The molecule has 0 aliphatic carbocycles. The van der Waals surface area contributed by atoms with Gasteiger partial charge in [-0.05, 0) is 67.8 Å². The summed E-state index contributed by atoms with van der Waals surface area (Å²) >= 11 is 0. The number of hydrogen-bond donors (Lipinski definition) is 1. The van der Waals surface area contributed by atoms with Gasteiger partial charge in [0, 0.05) is 12.2 Å². The van der Waals surface area contributed by atoms with E-state index >= 15 is 0 Å². The topological polar surface area (TPSA) is 75.7 Å². The number of sulfonamides is 1. The number of nitrogens with one attached hydrogen (secondary N) is 1. The monoisotopic (exact) mass is 374 g/mol. The van der Waals surface area contributed by atoms with Crippen LogP contribution in [0.15, 0.2) is 47.4 Å². The fourth-order valence-electron chi connectivity index (χ4n) is 2.94. The lowest BCUT2D eigenvalue weighted by molar-refractivity contribution is -0.118. The maximum absolute atomic E-state index is 12.7. The summed E-state index contributed by atoms with van der Waals surface area (Å²) in [5, 5.41) is 0. The Kier molecular flexibility index (Phi) is 5.02. The Bertz CT molecular complexity index is 923. The highest BCUT2D eigenvalue weighted by Crippen LogP contribution is 2.25. The van der Waals surface area contributed by atoms with E-state index in [2.05, 4.69) is 4.72 Å². The van der Waals surface area contributed by atoms with E-state index < -0.39 is 16.1 Å². The SMILES string of the molecule is COc1ccc(N2CC[C@H](NS(=O)(=O)c3ccc(C)c(C)c3)C2=O)cc1. The van der Waals surface area contributed by atoms with Gasteiger partial charge in [0.05, 0.1) is 12.0 Å². The van der Waals surface area contributed by atoms with Crippen LogP contribution in [0.5, 0.6) is 5.75 Å². The number of nitrogens with zero attached hydrogens (tertiary/aromatic N) is 1. The lowest BCUT2D eigenvalue weighted by Gasteiger charge is -2.18. The molecule has 0 spiro atoms. The standard InChI is InChI=1S/C19H22N2O4S/c1-13-4-9-17(12-14(13)2)26(23,24)20-18-10-11-21(19(18)22)15-5-7-16(25-3)8-6-15/h4-9,12,18,20H,10-11H2,1-3H3/t18-/m0/s1. The molecule has 1 saturated heterocycles. The van der Waals surface area contributed by atoms with Crippen molar-refractivity contribution < 1.29 is 17.9 Å². The molecule has 1 aliphatic heterocycles. The molecule has 7 heteroatoms. The maximum Gasteiger partial charge on any atom is 0.245 e. The fourth-order valence-corrected chi connectivity index (χ4v) is 4.25. The van der Waals surface area contributed by atoms with Crippen LogP contribution in [-0.4, -0.2) is 34.0 Å². The van der Waals surface area contributed by atoms with Gasteiger partial charge in [-0.2, -0.15) is 4.72 Å². The third kappa shape index (κ3) is 3.59. The van der Waals surface area contributed by atoms with Gasteiger partial charge >= 0.3 is 0 Å². The normalized spacial score (nSPS) is 17.6. The lowest BCUT2D eigenvalue weighted by atomic mass is 10.1. The number of ether oxygens (including phenoxy) is 1. The van der Waals surface area contributed by atoms with Crippen LogP contribution in [0.25, 0.3) is 0 Å². The van der Waals surface area contributed by atoms with Gasteiger partial charge in [-0.25, -0.2) is 8.42 Å². The minimum Gasteiger partial charge on any atom is -0.497 e. The maximum atomic E-state index is 12.7. The van der Waals surface area contributed by atoms with Crippen LogP contribution in [0, 0.1) is 13.8 Å². The largest absolute Gasteiger partial charge is 0.497 e. The molecule has 1 aliphatic rings. The van der Waals surface area contributed by atoms with Crippen molar-refractivity contribution in [3.05, 3.63) is 53.6 Å². The van der Waals surface area contributed by atoms with Gasteiger partial charge in [0.1, 0.15) is 11.8 Å². The van der Waals surface area contributed by atoms with Crippen LogP contribution < -0.4 is 14.4 Å². The summed E-state index contributed by atoms with van der Waals surface area (Å²) in [6, 6.07) is 11.3. The van der Waals surface area contributed by atoms with E-state index in [1.165, 1.54) is 0 Å². The lowest BCUT2D eigenvalue weighted by Crippen LogP contribution is -2.41. The van der Waals surface area contributed by atoms with E-state index in [0.29, 0.717) is 18.7 Å². The molecule has 6 nitrogen and oxygen atoms in total. The zero-order chi connectivity index (χ0) is 18.9. The van der Waals surface area contributed by atoms with E-state index in [4.69, 9.17) is 4.74 Å². The van der Waals surface area contributed by atoms with Crippen molar-refractivity contribution in [2.75, 3.05) is 18.6 Å². The van der Waals surface area contributed by atoms with Crippen molar-refractivity contribution >= 4 is 21.6 Å². The summed E-state index contributed by atoms with van der Waals surface area (Å²) in [7, 11) is -2.17. The Labute approximate surface area is 153 Å². The van der Waals surface area contributed by atoms with Gasteiger partial charge in [-0.15, -0.1) is 0 Å². The van der Waals surface area contributed by atoms with Crippen LogP contribution in [0.2, 0.25) is 0 Å². The van der Waals surface area contributed by atoms with Crippen LogP contribution in [-0.2, 0) is 14.8 Å². The zero-order valence-electron chi connectivity index (χ0n) is 15.0. The van der Waals surface area contributed by atoms with Crippen molar-refractivity contribution in [1.29, 1.82) is 0 Å². The minimum atomic E-state index is -3.75. The van der Waals surface area contributed by atoms with Gasteiger partial charge in [0.2, 0.25) is 15.9 Å². The number of carbonyl (C=O) groups is 1. The third-order valence-electron chi connectivity index (χ3n) is 4.68. The van der Waals surface area contributed by atoms with Gasteiger partial charge in [-0.3, -0.25) is 4.79 Å². The van der Waals surface area contributed by atoms with Crippen molar-refractivity contribution in [2.24, 2.45) is 0 Å². The van der Waals surface area contributed by atoms with Gasteiger partial charge in [0.25, 0.3) is 0 Å². The molecule has 1 N–H and O–H groups in total. The van der Waals surface area contributed by atoms with Gasteiger partial charge in [0.15, 0.2) is 0 Å². The zero-order valence-corrected chi connectivity index (χ0v) is 15.8. The highest BCUT2D eigenvalue weighted by Gasteiger charge is 2.35. The highest BCUT2D eigenvalue weighted by molar-refractivity contribution is 7.89. The van der Waals surface area contributed by atoms with Gasteiger partial charge in [-0.1, -0.05) is 6.07 Å². The predicted octanol–water partition coefficient (Wildman–Crippen LogP) is 2.40. The fraction of sp³-hybridized carbons (Fsp3) is 0.316.